The molecule has 0 saturated heterocycles. The van der Waals surface area contributed by atoms with Gasteiger partial charge in [0.1, 0.15) is 5.75 Å². The number of nitrogens with one attached hydrogen (secondary N) is 1. The van der Waals surface area contributed by atoms with Crippen molar-refractivity contribution in [2.24, 2.45) is 0 Å². The highest BCUT2D eigenvalue weighted by atomic mass is 31.2. The number of phosphoric acid groups is 1. The van der Waals surface area contributed by atoms with Crippen LogP contribution in [0.2, 0.25) is 0 Å². The summed E-state index contributed by atoms with van der Waals surface area (Å²) in [6.07, 6.45) is 9.01. The molecule has 1 amide bonds. The molecule has 0 bridgehead atoms. The second-order valence-electron chi connectivity index (χ2n) is 7.04. The Morgan fingerprint density at radius 3 is 2.52 bits per heavy atom. The second-order valence-corrected chi connectivity index (χ2v) is 8.41. The first-order valence-electron chi connectivity index (χ1n) is 10.6. The van der Waals surface area contributed by atoms with E-state index >= 15 is 0 Å². The molecule has 0 aliphatic heterocycles. The summed E-state index contributed by atoms with van der Waals surface area (Å²) in [5.41, 5.74) is 2.93. The summed E-state index contributed by atoms with van der Waals surface area (Å²) in [5, 5.41) is 0. The maximum absolute atomic E-state index is 11.9. The molecule has 1 unspecified atom stereocenters. The van der Waals surface area contributed by atoms with Crippen LogP contribution < -0.4 is 10.2 Å². The molecule has 0 heterocycles. The number of hydroxylamine groups is 1. The molecular weight excluding hydrogens is 393 g/mol. The van der Waals surface area contributed by atoms with Crippen molar-refractivity contribution in [3.8, 4) is 5.75 Å². The van der Waals surface area contributed by atoms with Crippen molar-refractivity contribution in [3.63, 3.8) is 0 Å². The third kappa shape index (κ3) is 13.4. The van der Waals surface area contributed by atoms with E-state index in [0.29, 0.717) is 13.0 Å². The van der Waals surface area contributed by atoms with Gasteiger partial charge in [-0.15, -0.1) is 0 Å². The van der Waals surface area contributed by atoms with Crippen LogP contribution in [0.25, 0.3) is 0 Å². The number of ether oxygens (including phenoxy) is 1. The van der Waals surface area contributed by atoms with Gasteiger partial charge in [-0.2, -0.15) is 4.62 Å². The summed E-state index contributed by atoms with van der Waals surface area (Å²) >= 11 is 0. The van der Waals surface area contributed by atoms with E-state index in [9.17, 15) is 14.3 Å². The first kappa shape index (κ1) is 25.6. The second kappa shape index (κ2) is 15.4. The molecule has 0 spiro atoms. The van der Waals surface area contributed by atoms with Crippen LogP contribution in [0.15, 0.2) is 24.3 Å². The van der Waals surface area contributed by atoms with Crippen molar-refractivity contribution in [2.45, 2.75) is 78.1 Å². The number of amides is 1. The maximum Gasteiger partial charge on any atom is 0.493 e. The van der Waals surface area contributed by atoms with E-state index < -0.39 is 13.7 Å². The lowest BCUT2D eigenvalue weighted by Gasteiger charge is -2.12. The molecule has 0 fully saturated rings. The number of hydrogen-bond acceptors (Lipinski definition) is 5. The summed E-state index contributed by atoms with van der Waals surface area (Å²) in [6, 6.07) is 7.54. The Morgan fingerprint density at radius 2 is 1.76 bits per heavy atom. The number of carbonyl (C=O) groups excluding carboxylic acids is 1. The molecular formula is C21H36NO6P. The molecule has 1 aromatic rings. The fraction of sp³-hybridized carbons (Fsp3) is 0.667. The molecule has 0 aliphatic carbocycles. The van der Waals surface area contributed by atoms with Gasteiger partial charge in [0.15, 0.2) is 0 Å². The molecule has 1 atom stereocenters. The SMILES string of the molecule is CCCCCCCC(=O)NOP(=O)(O)OCCc1cccc(OCCCCC)c1. The minimum Gasteiger partial charge on any atom is -0.494 e. The maximum atomic E-state index is 11.9. The van der Waals surface area contributed by atoms with Gasteiger partial charge in [0.05, 0.1) is 13.2 Å². The number of hydrogen-bond donors (Lipinski definition) is 2. The molecule has 0 radical (unpaired) electrons. The van der Waals surface area contributed by atoms with Crippen LogP contribution in [0.4, 0.5) is 0 Å². The molecule has 2 N–H and O–H groups in total. The van der Waals surface area contributed by atoms with E-state index in [1.54, 1.807) is 0 Å². The van der Waals surface area contributed by atoms with Crippen molar-refractivity contribution in [1.29, 1.82) is 0 Å². The van der Waals surface area contributed by atoms with Crippen LogP contribution in [0, 0.1) is 0 Å². The zero-order valence-electron chi connectivity index (χ0n) is 17.7. The molecule has 1 aromatic carbocycles. The Hall–Kier alpha value is -1.40. The monoisotopic (exact) mass is 429 g/mol. The molecule has 29 heavy (non-hydrogen) atoms. The van der Waals surface area contributed by atoms with Crippen LogP contribution in [-0.2, 0) is 24.9 Å². The summed E-state index contributed by atoms with van der Waals surface area (Å²) < 4.78 is 27.1. The first-order chi connectivity index (χ1) is 14.0. The van der Waals surface area contributed by atoms with Crippen molar-refractivity contribution in [2.75, 3.05) is 13.2 Å². The van der Waals surface area contributed by atoms with Crippen molar-refractivity contribution in [1.82, 2.24) is 5.48 Å². The molecule has 0 aromatic heterocycles. The number of unbranched alkanes of at least 4 members (excludes halogenated alkanes) is 6. The van der Waals surface area contributed by atoms with Gasteiger partial charge in [0, 0.05) is 6.42 Å². The van der Waals surface area contributed by atoms with Gasteiger partial charge in [-0.05, 0) is 37.0 Å². The van der Waals surface area contributed by atoms with E-state index in [1.165, 1.54) is 0 Å². The molecule has 7 nitrogen and oxygen atoms in total. The lowest BCUT2D eigenvalue weighted by molar-refractivity contribution is -0.128. The average Bonchev–Trinajstić information content (AvgIpc) is 2.70. The standard InChI is InChI=1S/C21H36NO6P/c1-3-5-7-8-9-14-21(23)22-28-29(24,25)27-17-15-19-12-11-13-20(18-19)26-16-10-6-4-2/h11-13,18H,3-10,14-17H2,1-2H3,(H,22,23)(H,24,25). The predicted octanol–water partition coefficient (Wildman–Crippen LogP) is 5.32. The van der Waals surface area contributed by atoms with E-state index in [0.717, 1.165) is 62.7 Å². The van der Waals surface area contributed by atoms with Crippen molar-refractivity contribution < 1.29 is 28.1 Å². The van der Waals surface area contributed by atoms with E-state index in [4.69, 9.17) is 9.26 Å². The Kier molecular flexibility index (Phi) is 13.7. The number of phosphoric ester groups is 1. The average molecular weight is 429 g/mol. The minimum atomic E-state index is -4.33. The number of benzene rings is 1. The molecule has 0 aliphatic rings. The van der Waals surface area contributed by atoms with Crippen molar-refractivity contribution in [3.05, 3.63) is 29.8 Å². The van der Waals surface area contributed by atoms with Crippen LogP contribution in [0.5, 0.6) is 5.75 Å². The fourth-order valence-corrected chi connectivity index (χ4v) is 3.28. The molecule has 8 heteroatoms. The fourth-order valence-electron chi connectivity index (χ4n) is 2.69. The van der Waals surface area contributed by atoms with Crippen LogP contribution in [-0.4, -0.2) is 24.0 Å². The Morgan fingerprint density at radius 1 is 1.03 bits per heavy atom. The van der Waals surface area contributed by atoms with Crippen LogP contribution >= 0.6 is 7.82 Å². The van der Waals surface area contributed by atoms with Gasteiger partial charge < -0.3 is 9.63 Å². The van der Waals surface area contributed by atoms with Crippen LogP contribution in [0.1, 0.15) is 77.2 Å². The summed E-state index contributed by atoms with van der Waals surface area (Å²) in [6.45, 7) is 4.93. The van der Waals surface area contributed by atoms with E-state index in [-0.39, 0.29) is 13.0 Å². The van der Waals surface area contributed by atoms with Gasteiger partial charge >= 0.3 is 7.82 Å². The normalized spacial score (nSPS) is 13.1. The van der Waals surface area contributed by atoms with E-state index in [2.05, 4.69) is 18.5 Å². The summed E-state index contributed by atoms with van der Waals surface area (Å²) in [7, 11) is -4.33. The van der Waals surface area contributed by atoms with Gasteiger partial charge in [-0.1, -0.05) is 64.5 Å². The number of rotatable bonds is 17. The minimum absolute atomic E-state index is 0.0139. The predicted molar refractivity (Wildman–Crippen MR) is 114 cm³/mol. The quantitative estimate of drug-likeness (QED) is 0.198. The topological polar surface area (TPSA) is 94.1 Å². The van der Waals surface area contributed by atoms with Crippen LogP contribution in [0.3, 0.4) is 0 Å². The molecule has 166 valence electrons. The third-order valence-corrected chi connectivity index (χ3v) is 5.17. The van der Waals surface area contributed by atoms with Crippen molar-refractivity contribution >= 4 is 13.7 Å². The lowest BCUT2D eigenvalue weighted by Crippen LogP contribution is -2.22. The molecule has 1 rings (SSSR count). The highest BCUT2D eigenvalue weighted by Gasteiger charge is 2.22. The Labute approximate surface area is 174 Å². The summed E-state index contributed by atoms with van der Waals surface area (Å²) in [5.74, 6) is 0.348. The highest BCUT2D eigenvalue weighted by Crippen LogP contribution is 2.41. The summed E-state index contributed by atoms with van der Waals surface area (Å²) in [4.78, 5) is 21.3. The van der Waals surface area contributed by atoms with Gasteiger partial charge in [-0.25, -0.2) is 10.0 Å². The van der Waals surface area contributed by atoms with E-state index in [1.807, 2.05) is 29.7 Å². The lowest BCUT2D eigenvalue weighted by atomic mass is 10.1. The smallest absolute Gasteiger partial charge is 0.493 e. The van der Waals surface area contributed by atoms with Gasteiger partial charge in [0.2, 0.25) is 5.91 Å². The largest absolute Gasteiger partial charge is 0.494 e. The number of carbonyl (C=O) groups is 1. The first-order valence-corrected chi connectivity index (χ1v) is 12.1. The zero-order valence-corrected chi connectivity index (χ0v) is 18.6. The van der Waals surface area contributed by atoms with Gasteiger partial charge in [-0.3, -0.25) is 9.32 Å². The Balaban J connectivity index is 2.24. The highest BCUT2D eigenvalue weighted by molar-refractivity contribution is 7.47. The molecule has 0 saturated carbocycles. The van der Waals surface area contributed by atoms with Gasteiger partial charge in [0.25, 0.3) is 0 Å². The third-order valence-electron chi connectivity index (χ3n) is 4.34. The Bertz CT molecular complexity index is 625. The zero-order chi connectivity index (χ0) is 21.4.